The summed E-state index contributed by atoms with van der Waals surface area (Å²) >= 11 is 0. The molecule has 2 rings (SSSR count). The van der Waals surface area contributed by atoms with Crippen LogP contribution in [0.1, 0.15) is 21.5 Å². The first-order valence-electron chi connectivity index (χ1n) is 5.14. The van der Waals surface area contributed by atoms with Gasteiger partial charge in [-0.05, 0) is 37.1 Å². The maximum atomic E-state index is 11.7. The number of rotatable bonds is 3. The largest absolute Gasteiger partial charge is 0.371 e. The summed E-state index contributed by atoms with van der Waals surface area (Å²) in [5, 5.41) is 2.84. The minimum absolute atomic E-state index is 0.0198. The zero-order chi connectivity index (χ0) is 10.8. The molecular formula is C12H15NO2. The van der Waals surface area contributed by atoms with E-state index in [0.29, 0.717) is 6.54 Å². The molecule has 1 N–H and O–H groups in total. The van der Waals surface area contributed by atoms with Crippen molar-refractivity contribution in [3.05, 3.63) is 34.9 Å². The highest BCUT2D eigenvalue weighted by molar-refractivity contribution is 5.94. The Kier molecular flexibility index (Phi) is 2.73. The number of carbonyl (C=O) groups is 1. The van der Waals surface area contributed by atoms with Crippen molar-refractivity contribution in [3.8, 4) is 0 Å². The van der Waals surface area contributed by atoms with Crippen LogP contribution < -0.4 is 5.32 Å². The zero-order valence-electron chi connectivity index (χ0n) is 9.04. The normalized spacial score (nSPS) is 18.7. The number of aryl methyl sites for hydroxylation is 2. The molecule has 0 saturated carbocycles. The van der Waals surface area contributed by atoms with Crippen molar-refractivity contribution in [3.63, 3.8) is 0 Å². The van der Waals surface area contributed by atoms with Crippen molar-refractivity contribution >= 4 is 5.91 Å². The van der Waals surface area contributed by atoms with Gasteiger partial charge in [-0.25, -0.2) is 0 Å². The Morgan fingerprint density at radius 2 is 2.20 bits per heavy atom. The van der Waals surface area contributed by atoms with Crippen LogP contribution in [0.5, 0.6) is 0 Å². The molecule has 0 spiro atoms. The van der Waals surface area contributed by atoms with Crippen LogP contribution in [0, 0.1) is 13.8 Å². The van der Waals surface area contributed by atoms with Gasteiger partial charge in [0, 0.05) is 12.1 Å². The van der Waals surface area contributed by atoms with Gasteiger partial charge in [0.1, 0.15) is 0 Å². The van der Waals surface area contributed by atoms with Crippen molar-refractivity contribution in [1.29, 1.82) is 0 Å². The highest BCUT2D eigenvalue weighted by atomic mass is 16.6. The Balaban J connectivity index is 2.00. The molecule has 0 aromatic heterocycles. The topological polar surface area (TPSA) is 41.6 Å². The van der Waals surface area contributed by atoms with Gasteiger partial charge >= 0.3 is 0 Å². The molecule has 0 aliphatic carbocycles. The first kappa shape index (κ1) is 10.2. The molecule has 1 atom stereocenters. The summed E-state index contributed by atoms with van der Waals surface area (Å²) in [6, 6.07) is 5.74. The molecule has 0 bridgehead atoms. The summed E-state index contributed by atoms with van der Waals surface area (Å²) < 4.78 is 5.02. The van der Waals surface area contributed by atoms with E-state index in [1.807, 2.05) is 32.0 Å². The maximum absolute atomic E-state index is 11.7. The van der Waals surface area contributed by atoms with Crippen LogP contribution >= 0.6 is 0 Å². The summed E-state index contributed by atoms with van der Waals surface area (Å²) in [6.07, 6.45) is 0.237. The molecule has 1 aliphatic rings. The lowest BCUT2D eigenvalue weighted by Crippen LogP contribution is -2.27. The van der Waals surface area contributed by atoms with Gasteiger partial charge in [0.05, 0.1) is 12.7 Å². The first-order chi connectivity index (χ1) is 7.16. The molecular weight excluding hydrogens is 190 g/mol. The average molecular weight is 205 g/mol. The fourth-order valence-corrected chi connectivity index (χ4v) is 1.38. The molecule has 80 valence electrons. The van der Waals surface area contributed by atoms with E-state index in [1.54, 1.807) is 0 Å². The lowest BCUT2D eigenvalue weighted by molar-refractivity contribution is 0.0950. The van der Waals surface area contributed by atoms with Gasteiger partial charge < -0.3 is 10.1 Å². The molecule has 3 heteroatoms. The predicted octanol–water partition coefficient (Wildman–Crippen LogP) is 1.43. The number of epoxide rings is 1. The van der Waals surface area contributed by atoms with Crippen molar-refractivity contribution in [2.45, 2.75) is 20.0 Å². The van der Waals surface area contributed by atoms with Crippen LogP contribution in [-0.2, 0) is 4.74 Å². The molecule has 1 amide bonds. The van der Waals surface area contributed by atoms with Crippen LogP contribution in [0.15, 0.2) is 18.2 Å². The fraction of sp³-hybridized carbons (Fsp3) is 0.417. The molecule has 1 aromatic rings. The van der Waals surface area contributed by atoms with Gasteiger partial charge in [0.15, 0.2) is 0 Å². The van der Waals surface area contributed by atoms with E-state index in [9.17, 15) is 4.79 Å². The standard InChI is InChI=1S/C12H15NO2/c1-8-3-4-10(5-9(8)2)12(14)13-6-11-7-15-11/h3-5,11H,6-7H2,1-2H3,(H,13,14)/t11-/m0/s1. The molecule has 15 heavy (non-hydrogen) atoms. The number of nitrogens with one attached hydrogen (secondary N) is 1. The lowest BCUT2D eigenvalue weighted by Gasteiger charge is -2.05. The van der Waals surface area contributed by atoms with E-state index in [-0.39, 0.29) is 12.0 Å². The van der Waals surface area contributed by atoms with Crippen molar-refractivity contribution in [2.75, 3.05) is 13.2 Å². The second-order valence-corrected chi connectivity index (χ2v) is 3.96. The SMILES string of the molecule is Cc1ccc(C(=O)NC[C@H]2CO2)cc1C. The Labute approximate surface area is 89.4 Å². The van der Waals surface area contributed by atoms with Crippen LogP contribution in [0.25, 0.3) is 0 Å². The Morgan fingerprint density at radius 1 is 1.47 bits per heavy atom. The third-order valence-electron chi connectivity index (χ3n) is 2.66. The average Bonchev–Trinajstić information content (AvgIpc) is 3.02. The summed E-state index contributed by atoms with van der Waals surface area (Å²) in [7, 11) is 0. The van der Waals surface area contributed by atoms with Crippen LogP contribution in [0.4, 0.5) is 0 Å². The minimum atomic E-state index is -0.0198. The Bertz CT molecular complexity index is 383. The van der Waals surface area contributed by atoms with Gasteiger partial charge in [0.2, 0.25) is 0 Å². The molecule has 1 saturated heterocycles. The quantitative estimate of drug-likeness (QED) is 0.758. The van der Waals surface area contributed by atoms with E-state index in [0.717, 1.165) is 17.7 Å². The monoisotopic (exact) mass is 205 g/mol. The Hall–Kier alpha value is -1.35. The molecule has 0 radical (unpaired) electrons. The zero-order valence-corrected chi connectivity index (χ0v) is 9.04. The highest BCUT2D eigenvalue weighted by Crippen LogP contribution is 2.10. The number of ether oxygens (including phenoxy) is 1. The summed E-state index contributed by atoms with van der Waals surface area (Å²) in [4.78, 5) is 11.7. The number of hydrogen-bond donors (Lipinski definition) is 1. The van der Waals surface area contributed by atoms with Gasteiger partial charge in [-0.1, -0.05) is 6.07 Å². The first-order valence-corrected chi connectivity index (χ1v) is 5.14. The second-order valence-electron chi connectivity index (χ2n) is 3.96. The predicted molar refractivity (Wildman–Crippen MR) is 58.0 cm³/mol. The van der Waals surface area contributed by atoms with E-state index in [1.165, 1.54) is 5.56 Å². The van der Waals surface area contributed by atoms with Crippen LogP contribution in [0.3, 0.4) is 0 Å². The number of benzene rings is 1. The highest BCUT2D eigenvalue weighted by Gasteiger charge is 2.22. The van der Waals surface area contributed by atoms with Gasteiger partial charge in [-0.3, -0.25) is 4.79 Å². The smallest absolute Gasteiger partial charge is 0.251 e. The van der Waals surface area contributed by atoms with E-state index in [4.69, 9.17) is 4.74 Å². The number of hydrogen-bond acceptors (Lipinski definition) is 2. The van der Waals surface area contributed by atoms with Crippen molar-refractivity contribution in [2.24, 2.45) is 0 Å². The number of carbonyl (C=O) groups excluding carboxylic acids is 1. The minimum Gasteiger partial charge on any atom is -0.371 e. The van der Waals surface area contributed by atoms with Gasteiger partial charge in [-0.2, -0.15) is 0 Å². The molecule has 1 fully saturated rings. The molecule has 3 nitrogen and oxygen atoms in total. The summed E-state index contributed by atoms with van der Waals surface area (Å²) in [5.74, 6) is -0.0198. The van der Waals surface area contributed by atoms with Crippen LogP contribution in [-0.4, -0.2) is 25.2 Å². The van der Waals surface area contributed by atoms with Crippen molar-refractivity contribution in [1.82, 2.24) is 5.32 Å². The molecule has 1 aromatic carbocycles. The van der Waals surface area contributed by atoms with Crippen molar-refractivity contribution < 1.29 is 9.53 Å². The van der Waals surface area contributed by atoms with E-state index < -0.39 is 0 Å². The van der Waals surface area contributed by atoms with Crippen LogP contribution in [0.2, 0.25) is 0 Å². The molecule has 1 heterocycles. The van der Waals surface area contributed by atoms with Gasteiger partial charge in [0.25, 0.3) is 5.91 Å². The summed E-state index contributed by atoms with van der Waals surface area (Å²) in [6.45, 7) is 5.43. The molecule has 0 unspecified atom stereocenters. The summed E-state index contributed by atoms with van der Waals surface area (Å²) in [5.41, 5.74) is 3.07. The third-order valence-corrected chi connectivity index (χ3v) is 2.66. The third kappa shape index (κ3) is 2.57. The van der Waals surface area contributed by atoms with E-state index >= 15 is 0 Å². The Morgan fingerprint density at radius 3 is 2.80 bits per heavy atom. The maximum Gasteiger partial charge on any atom is 0.251 e. The second kappa shape index (κ2) is 4.03. The lowest BCUT2D eigenvalue weighted by atomic mass is 10.1. The van der Waals surface area contributed by atoms with E-state index in [2.05, 4.69) is 5.32 Å². The number of amides is 1. The van der Waals surface area contributed by atoms with Gasteiger partial charge in [-0.15, -0.1) is 0 Å². The molecule has 1 aliphatic heterocycles. The fourth-order valence-electron chi connectivity index (χ4n) is 1.38.